The fraction of sp³-hybridized carbons (Fsp3) is 0.263. The number of rotatable bonds is 9. The van der Waals surface area contributed by atoms with Crippen molar-refractivity contribution >= 4 is 29.4 Å². The van der Waals surface area contributed by atoms with Crippen LogP contribution < -0.4 is 25.0 Å². The van der Waals surface area contributed by atoms with Crippen LogP contribution in [-0.4, -0.2) is 39.5 Å². The topological polar surface area (TPSA) is 81.2 Å². The van der Waals surface area contributed by atoms with E-state index in [9.17, 15) is 4.79 Å². The molecule has 2 aromatic carbocycles. The number of carbonyl (C=O) groups excluding carboxylic acids is 1. The van der Waals surface area contributed by atoms with E-state index in [1.54, 1.807) is 19.2 Å². The molecule has 0 unspecified atom stereocenters. The maximum absolute atomic E-state index is 11.9. The highest BCUT2D eigenvalue weighted by atomic mass is 35.5. The van der Waals surface area contributed by atoms with E-state index < -0.39 is 0 Å². The Morgan fingerprint density at radius 2 is 1.96 bits per heavy atom. The summed E-state index contributed by atoms with van der Waals surface area (Å²) in [4.78, 5) is 11.9. The molecule has 1 amide bonds. The van der Waals surface area contributed by atoms with Crippen molar-refractivity contribution in [1.82, 2.24) is 5.43 Å². The van der Waals surface area contributed by atoms with Gasteiger partial charge in [-0.2, -0.15) is 5.10 Å². The molecule has 2 aromatic rings. The van der Waals surface area contributed by atoms with Crippen LogP contribution in [-0.2, 0) is 4.79 Å². The predicted octanol–water partition coefficient (Wildman–Crippen LogP) is 3.32. The van der Waals surface area contributed by atoms with Crippen LogP contribution in [0.3, 0.4) is 0 Å². The quantitative estimate of drug-likeness (QED) is 0.506. The molecule has 0 aromatic heterocycles. The van der Waals surface area contributed by atoms with Crippen LogP contribution in [0.2, 0.25) is 5.02 Å². The molecule has 27 heavy (non-hydrogen) atoms. The minimum absolute atomic E-state index is 0.0469. The minimum atomic E-state index is -0.304. The van der Waals surface area contributed by atoms with Gasteiger partial charge in [0.25, 0.3) is 5.91 Å². The van der Waals surface area contributed by atoms with Gasteiger partial charge >= 0.3 is 0 Å². The molecule has 0 saturated carbocycles. The van der Waals surface area contributed by atoms with Gasteiger partial charge in [-0.15, -0.1) is 0 Å². The normalized spacial score (nSPS) is 10.5. The SMILES string of the molecule is CCOc1cc(/C=N\NC(=O)CNc2ccccc2OC)cc(Cl)c1OC. The number of hydrazone groups is 1. The number of hydrogen-bond donors (Lipinski definition) is 2. The molecule has 0 aliphatic rings. The van der Waals surface area contributed by atoms with Gasteiger partial charge in [0.2, 0.25) is 0 Å². The molecule has 0 bridgehead atoms. The van der Waals surface area contributed by atoms with Gasteiger partial charge in [-0.3, -0.25) is 4.79 Å². The Morgan fingerprint density at radius 3 is 2.67 bits per heavy atom. The van der Waals surface area contributed by atoms with E-state index in [0.29, 0.717) is 34.4 Å². The second kappa shape index (κ2) is 10.3. The summed E-state index contributed by atoms with van der Waals surface area (Å²) in [6, 6.07) is 10.7. The zero-order valence-corrected chi connectivity index (χ0v) is 16.2. The van der Waals surface area contributed by atoms with Crippen LogP contribution in [0.25, 0.3) is 0 Å². The summed E-state index contributed by atoms with van der Waals surface area (Å²) in [7, 11) is 3.09. The fourth-order valence-electron chi connectivity index (χ4n) is 2.31. The number of nitrogens with zero attached hydrogens (tertiary/aromatic N) is 1. The van der Waals surface area contributed by atoms with Crippen LogP contribution in [0.5, 0.6) is 17.2 Å². The molecule has 0 radical (unpaired) electrons. The smallest absolute Gasteiger partial charge is 0.259 e. The zero-order valence-electron chi connectivity index (χ0n) is 15.4. The van der Waals surface area contributed by atoms with Crippen LogP contribution in [0.15, 0.2) is 41.5 Å². The number of nitrogens with one attached hydrogen (secondary N) is 2. The molecule has 0 atom stereocenters. The monoisotopic (exact) mass is 391 g/mol. The summed E-state index contributed by atoms with van der Waals surface area (Å²) in [5.41, 5.74) is 3.84. The van der Waals surface area contributed by atoms with Gasteiger partial charge in [0, 0.05) is 0 Å². The standard InChI is InChI=1S/C19H22ClN3O4/c1-4-27-17-10-13(9-14(20)19(17)26-3)11-22-23-18(24)12-21-15-7-5-6-8-16(15)25-2/h5-11,21H,4,12H2,1-3H3,(H,23,24)/b22-11-. The van der Waals surface area contributed by atoms with Crippen LogP contribution >= 0.6 is 11.6 Å². The number of carbonyl (C=O) groups is 1. The highest BCUT2D eigenvalue weighted by Gasteiger charge is 2.11. The van der Waals surface area contributed by atoms with Gasteiger partial charge in [0.05, 0.1) is 44.3 Å². The van der Waals surface area contributed by atoms with E-state index in [2.05, 4.69) is 15.8 Å². The van der Waals surface area contributed by atoms with E-state index in [-0.39, 0.29) is 12.5 Å². The molecule has 8 heteroatoms. The van der Waals surface area contributed by atoms with E-state index in [1.807, 2.05) is 31.2 Å². The van der Waals surface area contributed by atoms with Crippen LogP contribution in [0.4, 0.5) is 5.69 Å². The van der Waals surface area contributed by atoms with Gasteiger partial charge in [0.1, 0.15) is 5.75 Å². The van der Waals surface area contributed by atoms with Gasteiger partial charge in [-0.25, -0.2) is 5.43 Å². The second-order valence-electron chi connectivity index (χ2n) is 5.31. The van der Waals surface area contributed by atoms with Crippen molar-refractivity contribution in [3.8, 4) is 17.2 Å². The number of anilines is 1. The van der Waals surface area contributed by atoms with E-state index in [4.69, 9.17) is 25.8 Å². The van der Waals surface area contributed by atoms with Crippen molar-refractivity contribution in [3.63, 3.8) is 0 Å². The number of halogens is 1. The fourth-order valence-corrected chi connectivity index (χ4v) is 2.60. The summed E-state index contributed by atoms with van der Waals surface area (Å²) >= 11 is 6.18. The van der Waals surface area contributed by atoms with Crippen LogP contribution in [0.1, 0.15) is 12.5 Å². The van der Waals surface area contributed by atoms with Crippen molar-refractivity contribution in [1.29, 1.82) is 0 Å². The highest BCUT2D eigenvalue weighted by Crippen LogP contribution is 2.35. The average molecular weight is 392 g/mol. The number of amides is 1. The molecule has 7 nitrogen and oxygen atoms in total. The second-order valence-corrected chi connectivity index (χ2v) is 5.72. The third-order valence-corrected chi connectivity index (χ3v) is 3.77. The Morgan fingerprint density at radius 1 is 1.19 bits per heavy atom. The van der Waals surface area contributed by atoms with Crippen molar-refractivity contribution in [2.75, 3.05) is 32.7 Å². The summed E-state index contributed by atoms with van der Waals surface area (Å²) in [5.74, 6) is 1.32. The maximum Gasteiger partial charge on any atom is 0.259 e. The van der Waals surface area contributed by atoms with Gasteiger partial charge in [-0.05, 0) is 36.8 Å². The molecule has 144 valence electrons. The van der Waals surface area contributed by atoms with Crippen molar-refractivity contribution in [3.05, 3.63) is 47.0 Å². The van der Waals surface area contributed by atoms with Gasteiger partial charge in [0.15, 0.2) is 11.5 Å². The number of ether oxygens (including phenoxy) is 3. The molecule has 2 N–H and O–H groups in total. The third kappa shape index (κ3) is 5.79. The van der Waals surface area contributed by atoms with Crippen molar-refractivity contribution in [2.24, 2.45) is 5.10 Å². The summed E-state index contributed by atoms with van der Waals surface area (Å²) in [6.07, 6.45) is 1.48. The Balaban J connectivity index is 1.95. The zero-order chi connectivity index (χ0) is 19.6. The summed E-state index contributed by atoms with van der Waals surface area (Å²) in [5, 5.41) is 7.33. The Hall–Kier alpha value is -2.93. The van der Waals surface area contributed by atoms with E-state index in [0.717, 1.165) is 5.69 Å². The molecular weight excluding hydrogens is 370 g/mol. The Labute approximate surface area is 163 Å². The minimum Gasteiger partial charge on any atom is -0.495 e. The lowest BCUT2D eigenvalue weighted by atomic mass is 10.2. The summed E-state index contributed by atoms with van der Waals surface area (Å²) in [6.45, 7) is 2.38. The number of hydrogen-bond acceptors (Lipinski definition) is 6. The Bertz CT molecular complexity index is 812. The molecule has 0 heterocycles. The van der Waals surface area contributed by atoms with Gasteiger partial charge < -0.3 is 19.5 Å². The molecule has 0 fully saturated rings. The van der Waals surface area contributed by atoms with Crippen molar-refractivity contribution in [2.45, 2.75) is 6.92 Å². The van der Waals surface area contributed by atoms with E-state index in [1.165, 1.54) is 13.3 Å². The Kier molecular flexibility index (Phi) is 7.76. The molecule has 0 spiro atoms. The largest absolute Gasteiger partial charge is 0.495 e. The lowest BCUT2D eigenvalue weighted by Gasteiger charge is -2.11. The molecule has 2 rings (SSSR count). The number of methoxy groups -OCH3 is 2. The van der Waals surface area contributed by atoms with E-state index >= 15 is 0 Å². The third-order valence-electron chi connectivity index (χ3n) is 3.49. The predicted molar refractivity (Wildman–Crippen MR) is 106 cm³/mol. The number of benzene rings is 2. The molecule has 0 saturated heterocycles. The molecular formula is C19H22ClN3O4. The van der Waals surface area contributed by atoms with Crippen LogP contribution in [0, 0.1) is 0 Å². The number of para-hydroxylation sites is 2. The van der Waals surface area contributed by atoms with Gasteiger partial charge in [-0.1, -0.05) is 23.7 Å². The maximum atomic E-state index is 11.9. The lowest BCUT2D eigenvalue weighted by Crippen LogP contribution is -2.26. The molecule has 0 aliphatic carbocycles. The highest BCUT2D eigenvalue weighted by molar-refractivity contribution is 6.32. The first-order chi connectivity index (χ1) is 13.1. The van der Waals surface area contributed by atoms with Crippen molar-refractivity contribution < 1.29 is 19.0 Å². The average Bonchev–Trinajstić information content (AvgIpc) is 2.67. The lowest BCUT2D eigenvalue weighted by molar-refractivity contribution is -0.119. The first-order valence-corrected chi connectivity index (χ1v) is 8.66. The first-order valence-electron chi connectivity index (χ1n) is 8.28. The first kappa shape index (κ1) is 20.4. The molecule has 0 aliphatic heterocycles. The summed E-state index contributed by atoms with van der Waals surface area (Å²) < 4.78 is 16.0.